The zero-order valence-corrected chi connectivity index (χ0v) is 25.5. The van der Waals surface area contributed by atoms with Crippen LogP contribution >= 0.6 is 0 Å². The molecular weight excluding hydrogens is 544 g/mol. The smallest absolute Gasteiger partial charge is 0.177 e. The lowest BCUT2D eigenvalue weighted by molar-refractivity contribution is 0.0927. The maximum absolute atomic E-state index is 13.9. The number of aryl methyl sites for hydroxylation is 2. The number of ether oxygens (including phenoxy) is 2. The first-order valence-electron chi connectivity index (χ1n) is 15.1. The van der Waals surface area contributed by atoms with Crippen LogP contribution in [-0.4, -0.2) is 30.3 Å². The molecule has 0 saturated heterocycles. The minimum Gasteiger partial charge on any atom is -0.489 e. The van der Waals surface area contributed by atoms with Gasteiger partial charge in [-0.15, -0.1) is 0 Å². The molecule has 5 nitrogen and oxygen atoms in total. The lowest BCUT2D eigenvalue weighted by Gasteiger charge is -2.23. The van der Waals surface area contributed by atoms with E-state index in [1.54, 1.807) is 0 Å². The molecule has 1 N–H and O–H groups in total. The van der Waals surface area contributed by atoms with Crippen LogP contribution in [-0.2, 0) is 19.8 Å². The van der Waals surface area contributed by atoms with Gasteiger partial charge in [-0.3, -0.25) is 9.69 Å². The molecule has 5 rings (SSSR count). The first-order chi connectivity index (χ1) is 21.5. The standard InChI is InChI=1S/C39H40N2O3/c1-30-13-12-14-31(2)39(30)40-21-22-41(26-32-15-6-3-7-16-32)27-38(42)35-23-36(43-28-33-17-8-4-9-18-33)25-37(24-35)44-29-34-19-10-5-11-20-34/h3-20,23-25,40H,21-22,26-29H2,1-2H3. The second-order valence-corrected chi connectivity index (χ2v) is 11.1. The average molecular weight is 585 g/mol. The summed E-state index contributed by atoms with van der Waals surface area (Å²) in [6.45, 7) is 7.40. The van der Waals surface area contributed by atoms with Crippen molar-refractivity contribution in [3.8, 4) is 11.5 Å². The Kier molecular flexibility index (Phi) is 10.8. The highest BCUT2D eigenvalue weighted by Crippen LogP contribution is 2.26. The summed E-state index contributed by atoms with van der Waals surface area (Å²) in [5, 5.41) is 3.60. The van der Waals surface area contributed by atoms with Gasteiger partial charge >= 0.3 is 0 Å². The molecule has 0 atom stereocenters. The molecule has 5 heteroatoms. The van der Waals surface area contributed by atoms with E-state index in [-0.39, 0.29) is 12.3 Å². The lowest BCUT2D eigenvalue weighted by atomic mass is 10.1. The van der Waals surface area contributed by atoms with Crippen LogP contribution in [0.2, 0.25) is 0 Å². The second kappa shape index (κ2) is 15.6. The van der Waals surface area contributed by atoms with Gasteiger partial charge in [0.2, 0.25) is 0 Å². The van der Waals surface area contributed by atoms with Crippen molar-refractivity contribution in [2.45, 2.75) is 33.6 Å². The summed E-state index contributed by atoms with van der Waals surface area (Å²) in [6.07, 6.45) is 0. The molecule has 0 fully saturated rings. The van der Waals surface area contributed by atoms with Gasteiger partial charge in [-0.2, -0.15) is 0 Å². The van der Waals surface area contributed by atoms with Gasteiger partial charge in [-0.05, 0) is 53.8 Å². The quantitative estimate of drug-likeness (QED) is 0.126. The third kappa shape index (κ3) is 9.06. The van der Waals surface area contributed by atoms with Crippen molar-refractivity contribution < 1.29 is 14.3 Å². The summed E-state index contributed by atoms with van der Waals surface area (Å²) in [7, 11) is 0. The maximum Gasteiger partial charge on any atom is 0.177 e. The number of para-hydroxylation sites is 1. The predicted octanol–water partition coefficient (Wildman–Crippen LogP) is 8.26. The van der Waals surface area contributed by atoms with Crippen molar-refractivity contribution in [1.82, 2.24) is 4.90 Å². The van der Waals surface area contributed by atoms with Crippen LogP contribution in [0.5, 0.6) is 11.5 Å². The summed E-state index contributed by atoms with van der Waals surface area (Å²) >= 11 is 0. The number of anilines is 1. The first-order valence-corrected chi connectivity index (χ1v) is 15.1. The van der Waals surface area contributed by atoms with Gasteiger partial charge in [0.15, 0.2) is 5.78 Å². The summed E-state index contributed by atoms with van der Waals surface area (Å²) in [4.78, 5) is 16.1. The zero-order valence-electron chi connectivity index (χ0n) is 25.5. The van der Waals surface area contributed by atoms with Gasteiger partial charge in [0.1, 0.15) is 24.7 Å². The molecule has 0 saturated carbocycles. The molecule has 0 aromatic heterocycles. The third-order valence-corrected chi connectivity index (χ3v) is 7.53. The predicted molar refractivity (Wildman–Crippen MR) is 178 cm³/mol. The number of carbonyl (C=O) groups excluding carboxylic acids is 1. The van der Waals surface area contributed by atoms with E-state index in [0.717, 1.165) is 23.4 Å². The average Bonchev–Trinajstić information content (AvgIpc) is 3.05. The van der Waals surface area contributed by atoms with Crippen LogP contribution < -0.4 is 14.8 Å². The molecule has 0 aliphatic rings. The van der Waals surface area contributed by atoms with E-state index in [4.69, 9.17) is 9.47 Å². The fraction of sp³-hybridized carbons (Fsp3) is 0.205. The van der Waals surface area contributed by atoms with Gasteiger partial charge in [-0.1, -0.05) is 109 Å². The van der Waals surface area contributed by atoms with Crippen LogP contribution in [0.25, 0.3) is 0 Å². The SMILES string of the molecule is Cc1cccc(C)c1NCCN(CC(=O)c1cc(OCc2ccccc2)cc(OCc2ccccc2)c1)Cc1ccccc1. The molecule has 0 spiro atoms. The van der Waals surface area contributed by atoms with E-state index >= 15 is 0 Å². The fourth-order valence-corrected chi connectivity index (χ4v) is 5.16. The van der Waals surface area contributed by atoms with E-state index in [0.29, 0.717) is 43.4 Å². The van der Waals surface area contributed by atoms with Crippen LogP contribution in [0.1, 0.15) is 38.2 Å². The Morgan fingerprint density at radius 2 is 1.14 bits per heavy atom. The minimum absolute atomic E-state index is 0.0164. The Morgan fingerprint density at radius 1 is 0.636 bits per heavy atom. The summed E-state index contributed by atoms with van der Waals surface area (Å²) < 4.78 is 12.3. The molecule has 5 aromatic carbocycles. The van der Waals surface area contributed by atoms with Gasteiger partial charge < -0.3 is 14.8 Å². The molecule has 0 radical (unpaired) electrons. The Bertz CT molecular complexity index is 1540. The number of hydrogen-bond donors (Lipinski definition) is 1. The number of carbonyl (C=O) groups is 1. The van der Waals surface area contributed by atoms with Crippen LogP contribution in [0.3, 0.4) is 0 Å². The monoisotopic (exact) mass is 584 g/mol. The molecule has 44 heavy (non-hydrogen) atoms. The minimum atomic E-state index is 0.0164. The van der Waals surface area contributed by atoms with Crippen molar-refractivity contribution in [1.29, 1.82) is 0 Å². The third-order valence-electron chi connectivity index (χ3n) is 7.53. The fourth-order valence-electron chi connectivity index (χ4n) is 5.16. The Morgan fingerprint density at radius 3 is 1.66 bits per heavy atom. The van der Waals surface area contributed by atoms with Crippen molar-refractivity contribution >= 4 is 11.5 Å². The van der Waals surface area contributed by atoms with E-state index in [1.165, 1.54) is 16.7 Å². The second-order valence-electron chi connectivity index (χ2n) is 11.1. The van der Waals surface area contributed by atoms with E-state index in [1.807, 2.05) is 97.1 Å². The number of benzene rings is 5. The number of ketones is 1. The van der Waals surface area contributed by atoms with E-state index in [9.17, 15) is 4.79 Å². The maximum atomic E-state index is 13.9. The molecule has 0 amide bonds. The number of nitrogens with one attached hydrogen (secondary N) is 1. The molecule has 0 heterocycles. The number of hydrogen-bond acceptors (Lipinski definition) is 5. The van der Waals surface area contributed by atoms with Gasteiger partial charge in [0.05, 0.1) is 6.54 Å². The molecule has 5 aromatic rings. The molecule has 0 aliphatic heterocycles. The van der Waals surface area contributed by atoms with E-state index < -0.39 is 0 Å². The van der Waals surface area contributed by atoms with Crippen molar-refractivity contribution in [2.75, 3.05) is 25.0 Å². The number of nitrogens with zero attached hydrogens (tertiary/aromatic N) is 1. The molecule has 0 unspecified atom stereocenters. The molecule has 0 bridgehead atoms. The van der Waals surface area contributed by atoms with Gasteiger partial charge in [0.25, 0.3) is 0 Å². The van der Waals surface area contributed by atoms with Crippen molar-refractivity contribution in [2.24, 2.45) is 0 Å². The lowest BCUT2D eigenvalue weighted by Crippen LogP contribution is -2.33. The number of Topliss-reactive ketones (excluding diaryl/α,β-unsaturated/α-hetero) is 1. The first kappa shape index (κ1) is 30.6. The molecule has 0 aliphatic carbocycles. The summed E-state index contributed by atoms with van der Waals surface area (Å²) in [6, 6.07) is 42.1. The molecular formula is C39H40N2O3. The topological polar surface area (TPSA) is 50.8 Å². The Balaban J connectivity index is 1.33. The van der Waals surface area contributed by atoms with Crippen LogP contribution in [0.15, 0.2) is 127 Å². The highest BCUT2D eigenvalue weighted by molar-refractivity contribution is 5.98. The normalized spacial score (nSPS) is 10.9. The highest BCUT2D eigenvalue weighted by atomic mass is 16.5. The molecule has 224 valence electrons. The largest absolute Gasteiger partial charge is 0.489 e. The zero-order chi connectivity index (χ0) is 30.6. The Labute approximate surface area is 261 Å². The number of rotatable bonds is 15. The van der Waals surface area contributed by atoms with Crippen LogP contribution in [0, 0.1) is 13.8 Å². The van der Waals surface area contributed by atoms with Gasteiger partial charge in [0, 0.05) is 37.0 Å². The summed E-state index contributed by atoms with van der Waals surface area (Å²) in [5.41, 5.74) is 7.43. The van der Waals surface area contributed by atoms with Gasteiger partial charge in [-0.25, -0.2) is 0 Å². The van der Waals surface area contributed by atoms with Crippen LogP contribution in [0.4, 0.5) is 5.69 Å². The van der Waals surface area contributed by atoms with Crippen molar-refractivity contribution in [3.63, 3.8) is 0 Å². The van der Waals surface area contributed by atoms with Crippen molar-refractivity contribution in [3.05, 3.63) is 161 Å². The summed E-state index contributed by atoms with van der Waals surface area (Å²) in [5.74, 6) is 1.23. The van der Waals surface area contributed by atoms with E-state index in [2.05, 4.69) is 54.4 Å². The Hall–Kier alpha value is -4.87. The highest BCUT2D eigenvalue weighted by Gasteiger charge is 2.16.